The molecule has 0 atom stereocenters. The molecule has 0 saturated heterocycles. The number of hydrogen-bond acceptors (Lipinski definition) is 2. The molecule has 0 N–H and O–H groups in total. The molecule has 0 heterocycles. The third-order valence-corrected chi connectivity index (χ3v) is 4.00. The summed E-state index contributed by atoms with van der Waals surface area (Å²) in [5, 5.41) is 0.766. The molecule has 0 bridgehead atoms. The average Bonchev–Trinajstić information content (AvgIpc) is 3.13. The summed E-state index contributed by atoms with van der Waals surface area (Å²) in [6, 6.07) is 6.04. The number of halogens is 1. The van der Waals surface area contributed by atoms with Crippen LogP contribution in [0.15, 0.2) is 18.2 Å². The monoisotopic (exact) mass is 280 g/mol. The third kappa shape index (κ3) is 2.94. The van der Waals surface area contributed by atoms with Gasteiger partial charge >= 0.3 is 5.97 Å². The smallest absolute Gasteiger partial charge is 0.316 e. The molecule has 1 saturated carbocycles. The van der Waals surface area contributed by atoms with E-state index in [9.17, 15) is 4.79 Å². The fraction of sp³-hybridized carbons (Fsp3) is 0.562. The van der Waals surface area contributed by atoms with Crippen LogP contribution >= 0.6 is 11.6 Å². The van der Waals surface area contributed by atoms with Crippen LogP contribution in [0.1, 0.15) is 44.7 Å². The van der Waals surface area contributed by atoms with Crippen molar-refractivity contribution in [3.8, 4) is 0 Å². The second-order valence-corrected chi connectivity index (χ2v) is 6.11. The van der Waals surface area contributed by atoms with Crippen molar-refractivity contribution in [1.29, 1.82) is 0 Å². The fourth-order valence-electron chi connectivity index (χ4n) is 2.46. The summed E-state index contributed by atoms with van der Waals surface area (Å²) in [6.45, 7) is 6.61. The minimum atomic E-state index is -0.421. The highest BCUT2D eigenvalue weighted by Gasteiger charge is 2.52. The first-order valence-corrected chi connectivity index (χ1v) is 7.33. The minimum Gasteiger partial charge on any atom is -0.465 e. The van der Waals surface area contributed by atoms with Gasteiger partial charge in [-0.1, -0.05) is 37.6 Å². The van der Waals surface area contributed by atoms with Crippen LogP contribution in [-0.4, -0.2) is 12.6 Å². The topological polar surface area (TPSA) is 26.3 Å². The molecule has 0 unspecified atom stereocenters. The molecule has 2 rings (SSSR count). The van der Waals surface area contributed by atoms with Crippen molar-refractivity contribution in [2.75, 3.05) is 6.61 Å². The van der Waals surface area contributed by atoms with Gasteiger partial charge in [-0.15, -0.1) is 0 Å². The lowest BCUT2D eigenvalue weighted by Gasteiger charge is -2.16. The van der Waals surface area contributed by atoms with E-state index >= 15 is 0 Å². The van der Waals surface area contributed by atoms with Gasteiger partial charge in [0.15, 0.2) is 0 Å². The van der Waals surface area contributed by atoms with E-state index in [-0.39, 0.29) is 5.97 Å². The molecule has 1 fully saturated rings. The first-order valence-electron chi connectivity index (χ1n) is 6.95. The van der Waals surface area contributed by atoms with E-state index in [0.29, 0.717) is 12.5 Å². The molecular formula is C16H21ClO2. The van der Waals surface area contributed by atoms with Gasteiger partial charge in [0, 0.05) is 5.02 Å². The Labute approximate surface area is 120 Å². The molecule has 3 heteroatoms. The van der Waals surface area contributed by atoms with Crippen LogP contribution in [0.5, 0.6) is 0 Å². The van der Waals surface area contributed by atoms with Crippen LogP contribution in [0.2, 0.25) is 5.02 Å². The van der Waals surface area contributed by atoms with E-state index in [1.54, 1.807) is 0 Å². The highest BCUT2D eigenvalue weighted by molar-refractivity contribution is 6.31. The normalized spacial score (nSPS) is 16.5. The number of carbonyl (C=O) groups excluding carboxylic acids is 1. The summed E-state index contributed by atoms with van der Waals surface area (Å²) in [4.78, 5) is 12.0. The lowest BCUT2D eigenvalue weighted by atomic mass is 9.93. The number of benzene rings is 1. The van der Waals surface area contributed by atoms with Crippen LogP contribution in [-0.2, 0) is 21.4 Å². The number of rotatable bonds is 5. The van der Waals surface area contributed by atoms with Gasteiger partial charge < -0.3 is 4.74 Å². The van der Waals surface area contributed by atoms with Crippen LogP contribution in [0.4, 0.5) is 0 Å². The lowest BCUT2D eigenvalue weighted by Crippen LogP contribution is -2.23. The molecule has 1 aliphatic rings. The molecule has 0 aliphatic heterocycles. The Morgan fingerprint density at radius 1 is 1.42 bits per heavy atom. The van der Waals surface area contributed by atoms with E-state index in [2.05, 4.69) is 19.9 Å². The van der Waals surface area contributed by atoms with Crippen LogP contribution in [0, 0.1) is 5.92 Å². The number of ether oxygens (including phenoxy) is 1. The molecule has 0 aromatic heterocycles. The quantitative estimate of drug-likeness (QED) is 0.758. The standard InChI is InChI=1S/C16H21ClO2/c1-4-19-15(18)16(7-8-16)13-6-5-12(9-11(2)3)14(17)10-13/h5-6,10-11H,4,7-9H2,1-3H3. The SMILES string of the molecule is CCOC(=O)C1(c2ccc(CC(C)C)c(Cl)c2)CC1. The predicted molar refractivity (Wildman–Crippen MR) is 77.5 cm³/mol. The molecule has 0 radical (unpaired) electrons. The number of esters is 1. The van der Waals surface area contributed by atoms with Gasteiger partial charge in [0.05, 0.1) is 12.0 Å². The van der Waals surface area contributed by atoms with E-state index in [4.69, 9.17) is 16.3 Å². The fourth-order valence-corrected chi connectivity index (χ4v) is 2.71. The molecule has 104 valence electrons. The maximum Gasteiger partial charge on any atom is 0.316 e. The van der Waals surface area contributed by atoms with E-state index in [1.165, 1.54) is 0 Å². The second kappa shape index (κ2) is 5.54. The molecule has 1 aliphatic carbocycles. The maximum atomic E-state index is 12.0. The van der Waals surface area contributed by atoms with Crippen molar-refractivity contribution < 1.29 is 9.53 Å². The van der Waals surface area contributed by atoms with Gasteiger partial charge in [0.2, 0.25) is 0 Å². The summed E-state index contributed by atoms with van der Waals surface area (Å²) in [6.07, 6.45) is 2.70. The molecule has 0 amide bonds. The van der Waals surface area contributed by atoms with E-state index < -0.39 is 5.41 Å². The molecule has 0 spiro atoms. The Morgan fingerprint density at radius 3 is 2.58 bits per heavy atom. The first kappa shape index (κ1) is 14.4. The zero-order valence-corrected chi connectivity index (χ0v) is 12.6. The second-order valence-electron chi connectivity index (χ2n) is 5.71. The van der Waals surface area contributed by atoms with Gasteiger partial charge in [-0.05, 0) is 49.3 Å². The van der Waals surface area contributed by atoms with E-state index in [0.717, 1.165) is 35.4 Å². The summed E-state index contributed by atoms with van der Waals surface area (Å²) in [5.41, 5.74) is 1.74. The van der Waals surface area contributed by atoms with Crippen LogP contribution in [0.3, 0.4) is 0 Å². The van der Waals surface area contributed by atoms with Crippen molar-refractivity contribution in [2.45, 2.75) is 45.4 Å². The van der Waals surface area contributed by atoms with Crippen molar-refractivity contribution >= 4 is 17.6 Å². The maximum absolute atomic E-state index is 12.0. The predicted octanol–water partition coefficient (Wildman–Crippen LogP) is 4.13. The largest absolute Gasteiger partial charge is 0.465 e. The van der Waals surface area contributed by atoms with Crippen molar-refractivity contribution in [3.63, 3.8) is 0 Å². The molecule has 2 nitrogen and oxygen atoms in total. The third-order valence-electron chi connectivity index (χ3n) is 3.65. The Bertz CT molecular complexity index is 476. The average molecular weight is 281 g/mol. The number of carbonyl (C=O) groups is 1. The summed E-state index contributed by atoms with van der Waals surface area (Å²) >= 11 is 6.34. The van der Waals surface area contributed by atoms with Gasteiger partial charge in [0.25, 0.3) is 0 Å². The zero-order valence-electron chi connectivity index (χ0n) is 11.8. The zero-order chi connectivity index (χ0) is 14.0. The Morgan fingerprint density at radius 2 is 2.11 bits per heavy atom. The van der Waals surface area contributed by atoms with Crippen molar-refractivity contribution in [1.82, 2.24) is 0 Å². The summed E-state index contributed by atoms with van der Waals surface area (Å²) in [7, 11) is 0. The first-order chi connectivity index (χ1) is 8.99. The van der Waals surface area contributed by atoms with Crippen molar-refractivity contribution in [2.24, 2.45) is 5.92 Å². The minimum absolute atomic E-state index is 0.109. The lowest BCUT2D eigenvalue weighted by molar-refractivity contribution is -0.146. The molecule has 1 aromatic rings. The van der Waals surface area contributed by atoms with Crippen molar-refractivity contribution in [3.05, 3.63) is 34.3 Å². The van der Waals surface area contributed by atoms with Crippen LogP contribution < -0.4 is 0 Å². The molecule has 1 aromatic carbocycles. The van der Waals surface area contributed by atoms with Gasteiger partial charge in [0.1, 0.15) is 0 Å². The number of hydrogen-bond donors (Lipinski definition) is 0. The van der Waals surface area contributed by atoms with E-state index in [1.807, 2.05) is 19.1 Å². The van der Waals surface area contributed by atoms with Gasteiger partial charge in [-0.25, -0.2) is 0 Å². The van der Waals surface area contributed by atoms with Crippen LogP contribution in [0.25, 0.3) is 0 Å². The highest BCUT2D eigenvalue weighted by Crippen LogP contribution is 2.50. The Kier molecular flexibility index (Phi) is 4.19. The molecular weight excluding hydrogens is 260 g/mol. The Balaban J connectivity index is 2.23. The Hall–Kier alpha value is -1.02. The highest BCUT2D eigenvalue weighted by atomic mass is 35.5. The van der Waals surface area contributed by atoms with Gasteiger partial charge in [-0.3, -0.25) is 4.79 Å². The van der Waals surface area contributed by atoms with Gasteiger partial charge in [-0.2, -0.15) is 0 Å². The molecule has 19 heavy (non-hydrogen) atoms. The summed E-state index contributed by atoms with van der Waals surface area (Å²) in [5.74, 6) is 0.464. The summed E-state index contributed by atoms with van der Waals surface area (Å²) < 4.78 is 5.18.